The third kappa shape index (κ3) is 3.12. The van der Waals surface area contributed by atoms with Crippen LogP contribution >= 0.6 is 0 Å². The molecule has 1 saturated carbocycles. The van der Waals surface area contributed by atoms with Gasteiger partial charge < -0.3 is 5.32 Å². The number of benzene rings is 1. The van der Waals surface area contributed by atoms with Gasteiger partial charge in [0.05, 0.1) is 11.4 Å². The van der Waals surface area contributed by atoms with E-state index in [0.29, 0.717) is 0 Å². The highest BCUT2D eigenvalue weighted by molar-refractivity contribution is 5.95. The Morgan fingerprint density at radius 2 is 1.90 bits per heavy atom. The fourth-order valence-electron chi connectivity index (χ4n) is 1.98. The van der Waals surface area contributed by atoms with Gasteiger partial charge in [-0.3, -0.25) is 9.78 Å². The number of amides is 1. The van der Waals surface area contributed by atoms with Gasteiger partial charge in [0.25, 0.3) is 0 Å². The monoisotopic (exact) mass is 264 g/mol. The van der Waals surface area contributed by atoms with Gasteiger partial charge in [0.2, 0.25) is 5.91 Å². The van der Waals surface area contributed by atoms with Crippen LogP contribution in [0.4, 0.5) is 5.69 Å². The predicted octanol–water partition coefficient (Wildman–Crippen LogP) is 3.60. The van der Waals surface area contributed by atoms with Gasteiger partial charge in [-0.1, -0.05) is 36.4 Å². The highest BCUT2D eigenvalue weighted by Gasteiger charge is 2.29. The maximum Gasteiger partial charge on any atom is 0.227 e. The van der Waals surface area contributed by atoms with E-state index in [1.54, 1.807) is 6.20 Å². The van der Waals surface area contributed by atoms with Crippen molar-refractivity contribution in [2.45, 2.75) is 12.8 Å². The lowest BCUT2D eigenvalue weighted by atomic mass is 10.2. The first-order chi connectivity index (χ1) is 9.83. The van der Waals surface area contributed by atoms with Crippen molar-refractivity contribution >= 4 is 23.7 Å². The molecule has 1 aliphatic rings. The van der Waals surface area contributed by atoms with Crippen molar-refractivity contribution in [1.82, 2.24) is 4.98 Å². The summed E-state index contributed by atoms with van der Waals surface area (Å²) in [7, 11) is 0. The predicted molar refractivity (Wildman–Crippen MR) is 81.0 cm³/mol. The normalized spacial score (nSPS) is 14.4. The summed E-state index contributed by atoms with van der Waals surface area (Å²) >= 11 is 0. The van der Waals surface area contributed by atoms with Gasteiger partial charge in [0, 0.05) is 12.1 Å². The number of carbonyl (C=O) groups is 1. The lowest BCUT2D eigenvalue weighted by Crippen LogP contribution is -2.14. The third-order valence-electron chi connectivity index (χ3n) is 3.28. The van der Waals surface area contributed by atoms with E-state index in [9.17, 15) is 4.79 Å². The molecule has 0 radical (unpaired) electrons. The summed E-state index contributed by atoms with van der Waals surface area (Å²) in [6.07, 6.45) is 7.66. The van der Waals surface area contributed by atoms with Gasteiger partial charge in [0.15, 0.2) is 0 Å². The number of nitrogens with zero attached hydrogens (tertiary/aromatic N) is 1. The van der Waals surface area contributed by atoms with Crippen molar-refractivity contribution in [1.29, 1.82) is 0 Å². The van der Waals surface area contributed by atoms with E-state index in [1.165, 1.54) is 0 Å². The zero-order valence-electron chi connectivity index (χ0n) is 11.1. The van der Waals surface area contributed by atoms with Crippen LogP contribution in [0.25, 0.3) is 12.2 Å². The molecule has 1 amide bonds. The lowest BCUT2D eigenvalue weighted by molar-refractivity contribution is -0.117. The second-order valence-corrected chi connectivity index (χ2v) is 4.94. The summed E-state index contributed by atoms with van der Waals surface area (Å²) in [5.74, 6) is 0.300. The molecule has 0 aliphatic heterocycles. The molecule has 3 rings (SSSR count). The topological polar surface area (TPSA) is 42.0 Å². The number of aromatic nitrogens is 1. The SMILES string of the molecule is O=C(Nc1cccnc1C=Cc1ccccc1)C1CC1. The summed E-state index contributed by atoms with van der Waals surface area (Å²) in [5, 5.41) is 2.96. The zero-order chi connectivity index (χ0) is 13.8. The van der Waals surface area contributed by atoms with Crippen molar-refractivity contribution in [3.05, 3.63) is 59.9 Å². The van der Waals surface area contributed by atoms with Crippen molar-refractivity contribution in [2.75, 3.05) is 5.32 Å². The lowest BCUT2D eigenvalue weighted by Gasteiger charge is -2.06. The molecule has 1 aliphatic carbocycles. The largest absolute Gasteiger partial charge is 0.324 e. The number of anilines is 1. The molecule has 20 heavy (non-hydrogen) atoms. The van der Waals surface area contributed by atoms with Gasteiger partial charge in [-0.2, -0.15) is 0 Å². The fourth-order valence-corrected chi connectivity index (χ4v) is 1.98. The van der Waals surface area contributed by atoms with Gasteiger partial charge in [-0.05, 0) is 36.6 Å². The second-order valence-electron chi connectivity index (χ2n) is 4.94. The smallest absolute Gasteiger partial charge is 0.227 e. The maximum absolute atomic E-state index is 11.8. The standard InChI is InChI=1S/C17H16N2O/c20-17(14-9-10-14)19-16-7-4-12-18-15(16)11-8-13-5-2-1-3-6-13/h1-8,11-12,14H,9-10H2,(H,19,20). The quantitative estimate of drug-likeness (QED) is 0.916. The Balaban J connectivity index is 1.78. The zero-order valence-corrected chi connectivity index (χ0v) is 11.1. The van der Waals surface area contributed by atoms with Gasteiger partial charge in [-0.25, -0.2) is 0 Å². The molecule has 100 valence electrons. The molecule has 3 nitrogen and oxygen atoms in total. The van der Waals surface area contributed by atoms with Gasteiger partial charge in [-0.15, -0.1) is 0 Å². The molecule has 0 unspecified atom stereocenters. The first kappa shape index (κ1) is 12.6. The van der Waals surface area contributed by atoms with Crippen LogP contribution in [0.1, 0.15) is 24.1 Å². The first-order valence-electron chi connectivity index (χ1n) is 6.82. The molecule has 3 heteroatoms. The van der Waals surface area contributed by atoms with Crippen LogP contribution in [-0.2, 0) is 4.79 Å². The van der Waals surface area contributed by atoms with E-state index in [1.807, 2.05) is 54.6 Å². The summed E-state index contributed by atoms with van der Waals surface area (Å²) < 4.78 is 0. The van der Waals surface area contributed by atoms with E-state index in [2.05, 4.69) is 10.3 Å². The van der Waals surface area contributed by atoms with Crippen LogP contribution in [0, 0.1) is 5.92 Å². The van der Waals surface area contributed by atoms with Gasteiger partial charge >= 0.3 is 0 Å². The highest BCUT2D eigenvalue weighted by Crippen LogP contribution is 2.30. The van der Waals surface area contributed by atoms with E-state index in [0.717, 1.165) is 29.8 Å². The van der Waals surface area contributed by atoms with Crippen molar-refractivity contribution < 1.29 is 4.79 Å². The molecule has 0 saturated heterocycles. The van der Waals surface area contributed by atoms with E-state index < -0.39 is 0 Å². The van der Waals surface area contributed by atoms with Crippen LogP contribution in [0.3, 0.4) is 0 Å². The fraction of sp³-hybridized carbons (Fsp3) is 0.176. The highest BCUT2D eigenvalue weighted by atomic mass is 16.2. The van der Waals surface area contributed by atoms with E-state index in [-0.39, 0.29) is 11.8 Å². The van der Waals surface area contributed by atoms with Crippen molar-refractivity contribution in [2.24, 2.45) is 5.92 Å². The van der Waals surface area contributed by atoms with Crippen molar-refractivity contribution in [3.63, 3.8) is 0 Å². The van der Waals surface area contributed by atoms with Crippen molar-refractivity contribution in [3.8, 4) is 0 Å². The molecule has 2 aromatic rings. The number of hydrogen-bond acceptors (Lipinski definition) is 2. The average Bonchev–Trinajstić information content (AvgIpc) is 3.32. The molecule has 1 fully saturated rings. The van der Waals surface area contributed by atoms with Crippen LogP contribution in [-0.4, -0.2) is 10.9 Å². The second kappa shape index (κ2) is 5.70. The Hall–Kier alpha value is -2.42. The molecule has 1 aromatic heterocycles. The van der Waals surface area contributed by atoms with E-state index >= 15 is 0 Å². The van der Waals surface area contributed by atoms with E-state index in [4.69, 9.17) is 0 Å². The Labute approximate surface area is 118 Å². The van der Waals surface area contributed by atoms with Crippen LogP contribution in [0.2, 0.25) is 0 Å². The molecule has 0 spiro atoms. The Morgan fingerprint density at radius 1 is 1.10 bits per heavy atom. The van der Waals surface area contributed by atoms with Crippen LogP contribution in [0.5, 0.6) is 0 Å². The number of carbonyl (C=O) groups excluding carboxylic acids is 1. The maximum atomic E-state index is 11.8. The van der Waals surface area contributed by atoms with Gasteiger partial charge in [0.1, 0.15) is 0 Å². The molecular weight excluding hydrogens is 248 g/mol. The Bertz CT molecular complexity index is 630. The number of pyridine rings is 1. The number of nitrogens with one attached hydrogen (secondary N) is 1. The minimum Gasteiger partial charge on any atom is -0.324 e. The van der Waals surface area contributed by atoms with Crippen LogP contribution < -0.4 is 5.32 Å². The molecule has 0 atom stereocenters. The molecular formula is C17H16N2O. The Morgan fingerprint density at radius 3 is 2.65 bits per heavy atom. The average molecular weight is 264 g/mol. The molecule has 1 heterocycles. The molecule has 1 N–H and O–H groups in total. The minimum absolute atomic E-state index is 0.104. The van der Waals surface area contributed by atoms with Crippen LogP contribution in [0.15, 0.2) is 48.7 Å². The summed E-state index contributed by atoms with van der Waals surface area (Å²) in [6, 6.07) is 13.8. The molecule has 1 aromatic carbocycles. The third-order valence-corrected chi connectivity index (χ3v) is 3.28. The molecule has 0 bridgehead atoms. The summed E-state index contributed by atoms with van der Waals surface area (Å²) in [6.45, 7) is 0. The first-order valence-corrected chi connectivity index (χ1v) is 6.82. The Kier molecular flexibility index (Phi) is 3.59. The number of rotatable bonds is 4. The summed E-state index contributed by atoms with van der Waals surface area (Å²) in [5.41, 5.74) is 2.67. The number of hydrogen-bond donors (Lipinski definition) is 1. The summed E-state index contributed by atoms with van der Waals surface area (Å²) in [4.78, 5) is 16.2. The minimum atomic E-state index is 0.104.